The highest BCUT2D eigenvalue weighted by Gasteiger charge is 2.31. The Hall–Kier alpha value is -2.71. The molecule has 1 aromatic rings. The van der Waals surface area contributed by atoms with Crippen molar-refractivity contribution < 1.29 is 14.6 Å². The molecule has 9 heteroatoms. The van der Waals surface area contributed by atoms with E-state index in [9.17, 15) is 25.0 Å². The summed E-state index contributed by atoms with van der Waals surface area (Å²) in [6.07, 6.45) is 3.78. The Morgan fingerprint density at radius 1 is 1.17 bits per heavy atom. The van der Waals surface area contributed by atoms with Gasteiger partial charge < -0.3 is 11.1 Å². The topological polar surface area (TPSA) is 141 Å². The molecule has 0 aromatic heterocycles. The van der Waals surface area contributed by atoms with E-state index in [1.807, 2.05) is 6.92 Å². The van der Waals surface area contributed by atoms with Gasteiger partial charge in [0.25, 0.3) is 11.4 Å². The largest absolute Gasteiger partial charge is 0.371 e. The lowest BCUT2D eigenvalue weighted by atomic mass is 9.85. The zero-order valence-electron chi connectivity index (χ0n) is 12.7. The number of hydrogen-bond acceptors (Lipinski definition) is 6. The summed E-state index contributed by atoms with van der Waals surface area (Å²) in [5.74, 6) is -0.701. The molecule has 1 aliphatic carbocycles. The molecule has 0 bridgehead atoms. The highest BCUT2D eigenvalue weighted by atomic mass is 16.6. The van der Waals surface area contributed by atoms with Crippen molar-refractivity contribution >= 4 is 23.0 Å². The molecule has 0 aliphatic heterocycles. The fourth-order valence-corrected chi connectivity index (χ4v) is 2.91. The monoisotopic (exact) mass is 322 g/mol. The maximum atomic E-state index is 11.3. The Balaban J connectivity index is 2.52. The molecule has 9 nitrogen and oxygen atoms in total. The van der Waals surface area contributed by atoms with Gasteiger partial charge in [0.05, 0.1) is 15.4 Å². The molecule has 23 heavy (non-hydrogen) atoms. The van der Waals surface area contributed by atoms with Gasteiger partial charge in [-0.2, -0.15) is 0 Å². The molecule has 2 atom stereocenters. The third kappa shape index (κ3) is 3.55. The number of nitro groups is 2. The fourth-order valence-electron chi connectivity index (χ4n) is 2.91. The van der Waals surface area contributed by atoms with Crippen LogP contribution in [0, 0.1) is 26.1 Å². The van der Waals surface area contributed by atoms with Gasteiger partial charge in [-0.15, -0.1) is 0 Å². The average Bonchev–Trinajstić information content (AvgIpc) is 2.48. The summed E-state index contributed by atoms with van der Waals surface area (Å²) >= 11 is 0. The lowest BCUT2D eigenvalue weighted by Gasteiger charge is -2.30. The van der Waals surface area contributed by atoms with Gasteiger partial charge in [-0.25, -0.2) is 0 Å². The van der Waals surface area contributed by atoms with Crippen molar-refractivity contribution in [2.75, 3.05) is 5.32 Å². The Bertz CT molecular complexity index is 626. The van der Waals surface area contributed by atoms with Crippen LogP contribution < -0.4 is 11.1 Å². The van der Waals surface area contributed by atoms with Crippen molar-refractivity contribution in [3.8, 4) is 0 Å². The number of nitrogens with two attached hydrogens (primary N) is 1. The SMILES string of the molecule is CC1CCCCC1Nc1c([N+](=O)[O-])cc(C(N)=O)cc1[N+](=O)[O-]. The number of primary amides is 1. The first-order chi connectivity index (χ1) is 10.8. The Kier molecular flexibility index (Phi) is 4.77. The van der Waals surface area contributed by atoms with Gasteiger partial charge in [-0.1, -0.05) is 19.8 Å². The zero-order chi connectivity index (χ0) is 17.1. The number of anilines is 1. The van der Waals surface area contributed by atoms with Crippen LogP contribution in [0.25, 0.3) is 0 Å². The summed E-state index contributed by atoms with van der Waals surface area (Å²) in [6, 6.07) is 1.87. The fraction of sp³-hybridized carbons (Fsp3) is 0.500. The molecule has 2 unspecified atom stereocenters. The van der Waals surface area contributed by atoms with Crippen LogP contribution in [0.15, 0.2) is 12.1 Å². The molecule has 1 saturated carbocycles. The summed E-state index contributed by atoms with van der Waals surface area (Å²) in [5, 5.41) is 25.5. The minimum absolute atomic E-state index is 0.0828. The molecule has 1 amide bonds. The number of amides is 1. The van der Waals surface area contributed by atoms with Gasteiger partial charge in [0.2, 0.25) is 5.91 Å². The molecule has 2 rings (SSSR count). The molecule has 0 heterocycles. The second-order valence-corrected chi connectivity index (χ2v) is 5.78. The summed E-state index contributed by atoms with van der Waals surface area (Å²) in [4.78, 5) is 32.3. The van der Waals surface area contributed by atoms with E-state index in [0.29, 0.717) is 0 Å². The first-order valence-corrected chi connectivity index (χ1v) is 7.34. The van der Waals surface area contributed by atoms with Crippen LogP contribution in [0.4, 0.5) is 17.1 Å². The Labute approximate surface area is 132 Å². The molecule has 1 aromatic carbocycles. The maximum Gasteiger partial charge on any atom is 0.300 e. The van der Waals surface area contributed by atoms with Crippen molar-refractivity contribution in [1.82, 2.24) is 0 Å². The number of carbonyl (C=O) groups excluding carboxylic acids is 1. The predicted molar refractivity (Wildman–Crippen MR) is 83.3 cm³/mol. The number of nitrogens with zero attached hydrogens (tertiary/aromatic N) is 2. The van der Waals surface area contributed by atoms with Gasteiger partial charge in [0, 0.05) is 18.2 Å². The van der Waals surface area contributed by atoms with E-state index in [0.717, 1.165) is 37.8 Å². The van der Waals surface area contributed by atoms with Gasteiger partial charge in [-0.3, -0.25) is 25.0 Å². The highest BCUT2D eigenvalue weighted by molar-refractivity contribution is 5.96. The first kappa shape index (κ1) is 16.7. The minimum atomic E-state index is -0.950. The third-order valence-corrected chi connectivity index (χ3v) is 4.22. The standard InChI is InChI=1S/C14H18N4O5/c1-8-4-2-3-5-10(8)16-13-11(17(20)21)6-9(14(15)19)7-12(13)18(22)23/h6-8,10,16H,2-5H2,1H3,(H2,15,19). The highest BCUT2D eigenvalue weighted by Crippen LogP contribution is 2.38. The Morgan fingerprint density at radius 2 is 1.70 bits per heavy atom. The van der Waals surface area contributed by atoms with E-state index in [1.165, 1.54) is 0 Å². The predicted octanol–water partition coefficient (Wildman–Crippen LogP) is 2.59. The van der Waals surface area contributed by atoms with Gasteiger partial charge in [-0.05, 0) is 18.8 Å². The van der Waals surface area contributed by atoms with E-state index >= 15 is 0 Å². The molecule has 0 saturated heterocycles. The summed E-state index contributed by atoms with van der Waals surface area (Å²) in [5.41, 5.74) is 3.66. The van der Waals surface area contributed by atoms with Crippen LogP contribution in [-0.2, 0) is 0 Å². The minimum Gasteiger partial charge on any atom is -0.371 e. The zero-order valence-corrected chi connectivity index (χ0v) is 12.7. The molecule has 3 N–H and O–H groups in total. The second-order valence-electron chi connectivity index (χ2n) is 5.78. The average molecular weight is 322 g/mol. The normalized spacial score (nSPS) is 20.7. The molecular weight excluding hydrogens is 304 g/mol. The lowest BCUT2D eigenvalue weighted by molar-refractivity contribution is -0.392. The molecule has 1 fully saturated rings. The van der Waals surface area contributed by atoms with Crippen molar-refractivity contribution in [3.05, 3.63) is 37.9 Å². The van der Waals surface area contributed by atoms with E-state index < -0.39 is 27.1 Å². The van der Waals surface area contributed by atoms with E-state index in [1.54, 1.807) is 0 Å². The van der Waals surface area contributed by atoms with E-state index in [2.05, 4.69) is 5.32 Å². The van der Waals surface area contributed by atoms with Crippen molar-refractivity contribution in [3.63, 3.8) is 0 Å². The van der Waals surface area contributed by atoms with Crippen LogP contribution in [0.1, 0.15) is 43.0 Å². The van der Waals surface area contributed by atoms with Crippen LogP contribution in [0.5, 0.6) is 0 Å². The Morgan fingerprint density at radius 3 is 2.13 bits per heavy atom. The second kappa shape index (κ2) is 6.59. The molecule has 1 aliphatic rings. The van der Waals surface area contributed by atoms with Crippen molar-refractivity contribution in [2.24, 2.45) is 11.7 Å². The van der Waals surface area contributed by atoms with Crippen LogP contribution >= 0.6 is 0 Å². The van der Waals surface area contributed by atoms with Crippen molar-refractivity contribution in [1.29, 1.82) is 0 Å². The number of benzene rings is 1. The molecule has 0 spiro atoms. The summed E-state index contributed by atoms with van der Waals surface area (Å²) < 4.78 is 0. The lowest BCUT2D eigenvalue weighted by Crippen LogP contribution is -2.31. The van der Waals surface area contributed by atoms with Gasteiger partial charge in [0.1, 0.15) is 0 Å². The first-order valence-electron chi connectivity index (χ1n) is 7.34. The number of rotatable bonds is 5. The molecular formula is C14H18N4O5. The van der Waals surface area contributed by atoms with E-state index in [4.69, 9.17) is 5.73 Å². The smallest absolute Gasteiger partial charge is 0.300 e. The quantitative estimate of drug-likeness (QED) is 0.630. The van der Waals surface area contributed by atoms with Gasteiger partial charge >= 0.3 is 0 Å². The van der Waals surface area contributed by atoms with Crippen molar-refractivity contribution in [2.45, 2.75) is 38.6 Å². The number of nitrogens with one attached hydrogen (secondary N) is 1. The third-order valence-electron chi connectivity index (χ3n) is 4.22. The number of hydrogen-bond donors (Lipinski definition) is 2. The van der Waals surface area contributed by atoms with Gasteiger partial charge in [0.15, 0.2) is 5.69 Å². The number of nitro benzene ring substituents is 2. The maximum absolute atomic E-state index is 11.3. The number of carbonyl (C=O) groups is 1. The summed E-state index contributed by atoms with van der Waals surface area (Å²) in [6.45, 7) is 2.01. The molecule has 0 radical (unpaired) electrons. The van der Waals surface area contributed by atoms with Crippen LogP contribution in [0.3, 0.4) is 0 Å². The van der Waals surface area contributed by atoms with Crippen LogP contribution in [-0.4, -0.2) is 21.8 Å². The van der Waals surface area contributed by atoms with Crippen LogP contribution in [0.2, 0.25) is 0 Å². The molecule has 124 valence electrons. The van der Waals surface area contributed by atoms with E-state index in [-0.39, 0.29) is 23.2 Å². The summed E-state index contributed by atoms with van der Waals surface area (Å²) in [7, 11) is 0.